The van der Waals surface area contributed by atoms with E-state index in [2.05, 4.69) is 5.32 Å². The van der Waals surface area contributed by atoms with Crippen LogP contribution >= 0.6 is 11.6 Å². The number of carbonyl (C=O) groups excluding carboxylic acids is 1. The number of hydrogen-bond donors (Lipinski definition) is 1. The van der Waals surface area contributed by atoms with Crippen LogP contribution in [-0.2, 0) is 11.2 Å². The maximum Gasteiger partial charge on any atom is 0.225 e. The van der Waals surface area contributed by atoms with Crippen LogP contribution in [0, 0.1) is 0 Å². The van der Waals surface area contributed by atoms with E-state index in [0.717, 1.165) is 28.7 Å². The molecule has 25 heavy (non-hydrogen) atoms. The minimum Gasteiger partial charge on any atom is -0.497 e. The molecule has 0 spiro atoms. The molecule has 0 aliphatic carbocycles. The molecule has 0 radical (unpaired) electrons. The third-order valence-corrected chi connectivity index (χ3v) is 4.48. The van der Waals surface area contributed by atoms with Gasteiger partial charge in [0.25, 0.3) is 0 Å². The van der Waals surface area contributed by atoms with Gasteiger partial charge in [-0.05, 0) is 36.2 Å². The fourth-order valence-electron chi connectivity index (χ4n) is 2.86. The molecule has 0 saturated heterocycles. The molecule has 4 nitrogen and oxygen atoms in total. The number of furan rings is 1. The van der Waals surface area contributed by atoms with Gasteiger partial charge in [0.2, 0.25) is 5.91 Å². The Morgan fingerprint density at radius 2 is 2.00 bits per heavy atom. The van der Waals surface area contributed by atoms with Gasteiger partial charge in [0.05, 0.1) is 25.8 Å². The molecule has 1 amide bonds. The quantitative estimate of drug-likeness (QED) is 0.682. The lowest BCUT2D eigenvalue weighted by Crippen LogP contribution is -2.29. The summed E-state index contributed by atoms with van der Waals surface area (Å²) in [5.74, 6) is 0.687. The van der Waals surface area contributed by atoms with E-state index in [-0.39, 0.29) is 18.4 Å². The first kappa shape index (κ1) is 17.4. The number of hydrogen-bond acceptors (Lipinski definition) is 3. The van der Waals surface area contributed by atoms with E-state index in [4.69, 9.17) is 20.8 Å². The van der Waals surface area contributed by atoms with Crippen molar-refractivity contribution >= 4 is 28.5 Å². The van der Waals surface area contributed by atoms with E-state index in [1.54, 1.807) is 13.4 Å². The highest BCUT2D eigenvalue weighted by molar-refractivity contribution is 6.30. The number of benzene rings is 2. The highest BCUT2D eigenvalue weighted by atomic mass is 35.5. The second kappa shape index (κ2) is 7.62. The van der Waals surface area contributed by atoms with Crippen molar-refractivity contribution in [3.8, 4) is 5.75 Å². The van der Waals surface area contributed by atoms with Crippen molar-refractivity contribution in [2.24, 2.45) is 0 Å². The van der Waals surface area contributed by atoms with E-state index in [1.165, 1.54) is 0 Å². The van der Waals surface area contributed by atoms with Gasteiger partial charge in [-0.3, -0.25) is 4.79 Å². The molecule has 3 aromatic rings. The number of ether oxygens (including phenoxy) is 1. The predicted molar refractivity (Wildman–Crippen MR) is 99.1 cm³/mol. The van der Waals surface area contributed by atoms with Crippen molar-refractivity contribution in [1.82, 2.24) is 5.32 Å². The van der Waals surface area contributed by atoms with E-state index in [9.17, 15) is 4.79 Å². The van der Waals surface area contributed by atoms with E-state index >= 15 is 0 Å². The minimum absolute atomic E-state index is 0.0389. The molecule has 0 aliphatic rings. The fraction of sp³-hybridized carbons (Fsp3) is 0.250. The van der Waals surface area contributed by atoms with Gasteiger partial charge in [0.15, 0.2) is 0 Å². The van der Waals surface area contributed by atoms with E-state index < -0.39 is 0 Å². The Labute approximate surface area is 151 Å². The first-order chi connectivity index (χ1) is 12.1. The second-order valence-corrected chi connectivity index (χ2v) is 6.32. The normalized spacial score (nSPS) is 12.1. The van der Waals surface area contributed by atoms with Crippen molar-refractivity contribution in [3.05, 3.63) is 64.9 Å². The molecule has 3 rings (SSSR count). The molecule has 5 heteroatoms. The highest BCUT2D eigenvalue weighted by Crippen LogP contribution is 2.26. The smallest absolute Gasteiger partial charge is 0.225 e. The lowest BCUT2D eigenvalue weighted by molar-refractivity contribution is -0.121. The Morgan fingerprint density at radius 1 is 1.24 bits per heavy atom. The average molecular weight is 358 g/mol. The Hall–Kier alpha value is -2.46. The minimum atomic E-state index is -0.0414. The van der Waals surface area contributed by atoms with Gasteiger partial charge in [-0.2, -0.15) is 0 Å². The number of methoxy groups -OCH3 is 1. The van der Waals surface area contributed by atoms with Crippen LogP contribution in [0.5, 0.6) is 5.75 Å². The molecule has 0 aliphatic heterocycles. The van der Waals surface area contributed by atoms with Crippen LogP contribution in [0.2, 0.25) is 5.02 Å². The van der Waals surface area contributed by atoms with Crippen molar-refractivity contribution in [1.29, 1.82) is 0 Å². The number of carbonyl (C=O) groups is 1. The summed E-state index contributed by atoms with van der Waals surface area (Å²) in [6.07, 6.45) is 2.70. The first-order valence-corrected chi connectivity index (χ1v) is 8.57. The Kier molecular flexibility index (Phi) is 5.29. The molecule has 2 aromatic carbocycles. The molecule has 130 valence electrons. The number of fused-ring (bicyclic) bond motifs is 1. The zero-order chi connectivity index (χ0) is 17.8. The summed E-state index contributed by atoms with van der Waals surface area (Å²) in [6.45, 7) is 2.04. The van der Waals surface area contributed by atoms with Crippen molar-refractivity contribution in [3.63, 3.8) is 0 Å². The summed E-state index contributed by atoms with van der Waals surface area (Å²) in [7, 11) is 1.61. The molecule has 1 unspecified atom stereocenters. The van der Waals surface area contributed by atoms with Crippen LogP contribution in [0.25, 0.3) is 11.0 Å². The molecule has 1 N–H and O–H groups in total. The average Bonchev–Trinajstić information content (AvgIpc) is 3.02. The monoisotopic (exact) mass is 357 g/mol. The summed E-state index contributed by atoms with van der Waals surface area (Å²) in [4.78, 5) is 12.5. The number of nitrogens with one attached hydrogen (secondary N) is 1. The number of amides is 1. The van der Waals surface area contributed by atoms with Crippen LogP contribution in [0.1, 0.15) is 30.5 Å². The second-order valence-electron chi connectivity index (χ2n) is 5.88. The van der Waals surface area contributed by atoms with E-state index in [1.807, 2.05) is 49.4 Å². The summed E-state index contributed by atoms with van der Waals surface area (Å²) < 4.78 is 10.7. The van der Waals surface area contributed by atoms with Gasteiger partial charge >= 0.3 is 0 Å². The summed E-state index contributed by atoms with van der Waals surface area (Å²) >= 11 is 5.93. The molecular formula is C20H20ClNO3. The lowest BCUT2D eigenvalue weighted by Gasteiger charge is -2.17. The summed E-state index contributed by atoms with van der Waals surface area (Å²) in [5, 5.41) is 4.69. The van der Waals surface area contributed by atoms with Crippen LogP contribution in [0.4, 0.5) is 0 Å². The number of halogens is 1. The molecule has 1 atom stereocenters. The third kappa shape index (κ3) is 3.97. The lowest BCUT2D eigenvalue weighted by atomic mass is 10.0. The Balaban J connectivity index is 1.72. The van der Waals surface area contributed by atoms with Gasteiger partial charge in [-0.15, -0.1) is 0 Å². The molecule has 0 saturated carbocycles. The van der Waals surface area contributed by atoms with Crippen LogP contribution in [0.15, 0.2) is 53.1 Å². The zero-order valence-electron chi connectivity index (χ0n) is 14.2. The molecular weight excluding hydrogens is 338 g/mol. The van der Waals surface area contributed by atoms with Gasteiger partial charge in [0, 0.05) is 22.0 Å². The largest absolute Gasteiger partial charge is 0.497 e. The topological polar surface area (TPSA) is 51.5 Å². The Morgan fingerprint density at radius 3 is 2.68 bits per heavy atom. The highest BCUT2D eigenvalue weighted by Gasteiger charge is 2.15. The van der Waals surface area contributed by atoms with Crippen molar-refractivity contribution in [2.75, 3.05) is 7.11 Å². The molecule has 1 heterocycles. The first-order valence-electron chi connectivity index (χ1n) is 8.19. The summed E-state index contributed by atoms with van der Waals surface area (Å²) in [6, 6.07) is 13.1. The fourth-order valence-corrected chi connectivity index (χ4v) is 2.99. The summed E-state index contributed by atoms with van der Waals surface area (Å²) in [5.41, 5.74) is 2.62. The zero-order valence-corrected chi connectivity index (χ0v) is 15.0. The van der Waals surface area contributed by atoms with E-state index in [0.29, 0.717) is 10.6 Å². The van der Waals surface area contributed by atoms with Gasteiger partial charge in [-0.25, -0.2) is 0 Å². The van der Waals surface area contributed by atoms with Crippen molar-refractivity contribution in [2.45, 2.75) is 25.8 Å². The van der Waals surface area contributed by atoms with Crippen LogP contribution in [0.3, 0.4) is 0 Å². The maximum absolute atomic E-state index is 12.5. The standard InChI is InChI=1S/C20H20ClNO3/c1-3-18(13-4-6-15(21)7-5-13)22-20(23)10-14-12-25-19-11-16(24-2)8-9-17(14)19/h4-9,11-12,18H,3,10H2,1-2H3,(H,22,23). The van der Waals surface area contributed by atoms with Gasteiger partial charge < -0.3 is 14.5 Å². The molecule has 1 aromatic heterocycles. The SMILES string of the molecule is CCC(NC(=O)Cc1coc2cc(OC)ccc12)c1ccc(Cl)cc1. The molecule has 0 fully saturated rings. The van der Waals surface area contributed by atoms with Crippen molar-refractivity contribution < 1.29 is 13.9 Å². The van der Waals surface area contributed by atoms with Crippen LogP contribution in [-0.4, -0.2) is 13.0 Å². The third-order valence-electron chi connectivity index (χ3n) is 4.23. The maximum atomic E-state index is 12.5. The van der Waals surface area contributed by atoms with Gasteiger partial charge in [0.1, 0.15) is 11.3 Å². The Bertz CT molecular complexity index is 870. The predicted octanol–water partition coefficient (Wildman–Crippen LogP) is 4.90. The van der Waals surface area contributed by atoms with Crippen LogP contribution < -0.4 is 10.1 Å². The van der Waals surface area contributed by atoms with Gasteiger partial charge in [-0.1, -0.05) is 30.7 Å². The molecule has 0 bridgehead atoms. The number of rotatable bonds is 6.